The first kappa shape index (κ1) is 14.8. The van der Waals surface area contributed by atoms with E-state index in [4.69, 9.17) is 18.0 Å². The smallest absolute Gasteiger partial charge is 0.0727 e. The van der Waals surface area contributed by atoms with E-state index in [1.807, 2.05) is 0 Å². The van der Waals surface area contributed by atoms with E-state index in [9.17, 15) is 0 Å². The first-order valence-electron chi connectivity index (χ1n) is 5.92. The summed E-state index contributed by atoms with van der Waals surface area (Å²) in [4.78, 5) is 3.08. The molecule has 0 radical (unpaired) electrons. The van der Waals surface area contributed by atoms with Crippen molar-refractivity contribution in [1.29, 1.82) is 0 Å². The number of nitrogens with zero attached hydrogens (tertiary/aromatic N) is 1. The minimum Gasteiger partial charge on any atom is -0.393 e. The zero-order chi connectivity index (χ0) is 11.8. The molecule has 0 heterocycles. The van der Waals surface area contributed by atoms with E-state index in [0.717, 1.165) is 25.3 Å². The van der Waals surface area contributed by atoms with Crippen LogP contribution in [0.25, 0.3) is 0 Å². The summed E-state index contributed by atoms with van der Waals surface area (Å²) in [6.07, 6.45) is 4.47. The Morgan fingerprint density at radius 1 is 1.27 bits per heavy atom. The molecule has 0 spiro atoms. The fourth-order valence-electron chi connectivity index (χ4n) is 1.74. The van der Waals surface area contributed by atoms with Crippen LogP contribution in [0.4, 0.5) is 0 Å². The van der Waals surface area contributed by atoms with Crippen molar-refractivity contribution in [1.82, 2.24) is 4.90 Å². The molecule has 0 fully saturated rings. The fraction of sp³-hybridized carbons (Fsp3) is 0.917. The molecular weight excluding hydrogens is 204 g/mol. The molecule has 0 aromatic heterocycles. The Balaban J connectivity index is 3.55. The van der Waals surface area contributed by atoms with Crippen LogP contribution in [0.1, 0.15) is 46.5 Å². The summed E-state index contributed by atoms with van der Waals surface area (Å²) in [5.41, 5.74) is 5.45. The van der Waals surface area contributed by atoms with Gasteiger partial charge in [-0.3, -0.25) is 0 Å². The summed E-state index contributed by atoms with van der Waals surface area (Å²) in [6, 6.07) is 0.676. The van der Waals surface area contributed by atoms with Crippen LogP contribution in [0.15, 0.2) is 0 Å². The van der Waals surface area contributed by atoms with Gasteiger partial charge in [0.05, 0.1) is 4.99 Å². The largest absolute Gasteiger partial charge is 0.393 e. The molecule has 0 amide bonds. The van der Waals surface area contributed by atoms with Gasteiger partial charge in [0, 0.05) is 6.04 Å². The van der Waals surface area contributed by atoms with Crippen LogP contribution < -0.4 is 5.73 Å². The maximum Gasteiger partial charge on any atom is 0.0727 e. The van der Waals surface area contributed by atoms with E-state index in [1.165, 1.54) is 12.8 Å². The van der Waals surface area contributed by atoms with E-state index in [2.05, 4.69) is 32.7 Å². The van der Waals surface area contributed by atoms with Gasteiger partial charge in [-0.25, -0.2) is 0 Å². The Kier molecular flexibility index (Phi) is 7.97. The lowest BCUT2D eigenvalue weighted by Gasteiger charge is -2.26. The first-order chi connectivity index (χ1) is 6.93. The van der Waals surface area contributed by atoms with Crippen LogP contribution in [-0.2, 0) is 0 Å². The molecule has 0 aliphatic heterocycles. The quantitative estimate of drug-likeness (QED) is 0.513. The van der Waals surface area contributed by atoms with Gasteiger partial charge >= 0.3 is 0 Å². The highest BCUT2D eigenvalue weighted by atomic mass is 32.1. The van der Waals surface area contributed by atoms with Crippen molar-refractivity contribution < 1.29 is 0 Å². The third kappa shape index (κ3) is 8.82. The van der Waals surface area contributed by atoms with Gasteiger partial charge in [-0.2, -0.15) is 0 Å². The van der Waals surface area contributed by atoms with Crippen molar-refractivity contribution in [2.45, 2.75) is 52.5 Å². The van der Waals surface area contributed by atoms with Gasteiger partial charge in [-0.05, 0) is 52.1 Å². The van der Waals surface area contributed by atoms with Crippen molar-refractivity contribution in [3.05, 3.63) is 0 Å². The Bertz CT molecular complexity index is 180. The molecule has 2 N–H and O–H groups in total. The maximum atomic E-state index is 5.45. The van der Waals surface area contributed by atoms with Crippen molar-refractivity contribution in [2.75, 3.05) is 13.6 Å². The lowest BCUT2D eigenvalue weighted by molar-refractivity contribution is 0.225. The Morgan fingerprint density at radius 2 is 1.87 bits per heavy atom. The summed E-state index contributed by atoms with van der Waals surface area (Å²) in [5.74, 6) is 0.777. The van der Waals surface area contributed by atoms with Crippen molar-refractivity contribution >= 4 is 17.2 Å². The number of thiocarbonyl (C=S) groups is 1. The fourth-order valence-corrected chi connectivity index (χ4v) is 1.89. The molecule has 90 valence electrons. The van der Waals surface area contributed by atoms with E-state index >= 15 is 0 Å². The zero-order valence-corrected chi connectivity index (χ0v) is 11.4. The molecule has 0 aliphatic rings. The molecule has 0 saturated carbocycles. The SMILES string of the molecule is CC(C)CC(C)N(C)CCCCC(N)=S. The van der Waals surface area contributed by atoms with Crippen molar-refractivity contribution in [3.63, 3.8) is 0 Å². The van der Waals surface area contributed by atoms with Gasteiger partial charge in [0.2, 0.25) is 0 Å². The standard InChI is InChI=1S/C12H26N2S/c1-10(2)9-11(3)14(4)8-6-5-7-12(13)15/h10-11H,5-9H2,1-4H3,(H2,13,15). The second-order valence-electron chi connectivity index (χ2n) is 4.88. The van der Waals surface area contributed by atoms with Gasteiger partial charge in [-0.15, -0.1) is 0 Å². The highest BCUT2D eigenvalue weighted by Crippen LogP contribution is 2.10. The number of unbranched alkanes of at least 4 members (excludes halogenated alkanes) is 1. The summed E-state index contributed by atoms with van der Waals surface area (Å²) >= 11 is 4.85. The summed E-state index contributed by atoms with van der Waals surface area (Å²) < 4.78 is 0. The van der Waals surface area contributed by atoms with Gasteiger partial charge in [0.15, 0.2) is 0 Å². The third-order valence-corrected chi connectivity index (χ3v) is 2.95. The second-order valence-corrected chi connectivity index (χ2v) is 5.41. The highest BCUT2D eigenvalue weighted by Gasteiger charge is 2.10. The molecule has 0 saturated heterocycles. The maximum absolute atomic E-state index is 5.45. The Labute approximate surface area is 100 Å². The third-order valence-electron chi connectivity index (χ3n) is 2.75. The molecule has 1 atom stereocenters. The second kappa shape index (κ2) is 8.05. The summed E-state index contributed by atoms with van der Waals surface area (Å²) in [6.45, 7) is 8.00. The normalized spacial score (nSPS) is 13.5. The monoisotopic (exact) mass is 230 g/mol. The first-order valence-corrected chi connectivity index (χ1v) is 6.32. The van der Waals surface area contributed by atoms with E-state index in [1.54, 1.807) is 0 Å². The predicted octanol–water partition coefficient (Wildman–Crippen LogP) is 2.81. The van der Waals surface area contributed by atoms with Crippen molar-refractivity contribution in [3.8, 4) is 0 Å². The van der Waals surface area contributed by atoms with E-state index in [-0.39, 0.29) is 0 Å². The number of hydrogen-bond donors (Lipinski definition) is 1. The molecule has 0 aromatic carbocycles. The number of rotatable bonds is 8. The molecule has 0 bridgehead atoms. The van der Waals surface area contributed by atoms with Crippen LogP contribution in [0.3, 0.4) is 0 Å². The molecule has 3 heteroatoms. The van der Waals surface area contributed by atoms with Crippen LogP contribution in [-0.4, -0.2) is 29.5 Å². The Morgan fingerprint density at radius 3 is 2.33 bits per heavy atom. The molecule has 0 aliphatic carbocycles. The summed E-state index contributed by atoms with van der Waals surface area (Å²) in [7, 11) is 2.20. The van der Waals surface area contributed by atoms with Crippen molar-refractivity contribution in [2.24, 2.45) is 11.7 Å². The molecule has 2 nitrogen and oxygen atoms in total. The average Bonchev–Trinajstić information content (AvgIpc) is 2.10. The lowest BCUT2D eigenvalue weighted by Crippen LogP contribution is -2.31. The number of hydrogen-bond acceptors (Lipinski definition) is 2. The topological polar surface area (TPSA) is 29.3 Å². The van der Waals surface area contributed by atoms with Gasteiger partial charge in [0.25, 0.3) is 0 Å². The minimum absolute atomic E-state index is 0.646. The van der Waals surface area contributed by atoms with Crippen LogP contribution in [0.5, 0.6) is 0 Å². The highest BCUT2D eigenvalue weighted by molar-refractivity contribution is 7.80. The molecular formula is C12H26N2S. The lowest BCUT2D eigenvalue weighted by atomic mass is 10.0. The molecule has 0 aromatic rings. The minimum atomic E-state index is 0.646. The van der Waals surface area contributed by atoms with E-state index in [0.29, 0.717) is 11.0 Å². The van der Waals surface area contributed by atoms with E-state index < -0.39 is 0 Å². The van der Waals surface area contributed by atoms with Crippen LogP contribution in [0, 0.1) is 5.92 Å². The van der Waals surface area contributed by atoms with Crippen LogP contribution >= 0.6 is 12.2 Å². The predicted molar refractivity (Wildman–Crippen MR) is 72.2 cm³/mol. The average molecular weight is 230 g/mol. The van der Waals surface area contributed by atoms with Gasteiger partial charge in [0.1, 0.15) is 0 Å². The van der Waals surface area contributed by atoms with Gasteiger partial charge < -0.3 is 10.6 Å². The van der Waals surface area contributed by atoms with Crippen LogP contribution in [0.2, 0.25) is 0 Å². The van der Waals surface area contributed by atoms with Gasteiger partial charge in [-0.1, -0.05) is 26.1 Å². The molecule has 15 heavy (non-hydrogen) atoms. The molecule has 0 rings (SSSR count). The number of nitrogens with two attached hydrogens (primary N) is 1. The summed E-state index contributed by atoms with van der Waals surface area (Å²) in [5, 5.41) is 0. The zero-order valence-electron chi connectivity index (χ0n) is 10.6. The Hall–Kier alpha value is -0.150. The molecule has 1 unspecified atom stereocenters.